The lowest BCUT2D eigenvalue weighted by molar-refractivity contribution is -0.134. The van der Waals surface area contributed by atoms with E-state index in [1.165, 1.54) is 0 Å². The van der Waals surface area contributed by atoms with Gasteiger partial charge >= 0.3 is 0 Å². The van der Waals surface area contributed by atoms with Gasteiger partial charge in [0.15, 0.2) is 5.76 Å². The van der Waals surface area contributed by atoms with Crippen molar-refractivity contribution in [3.8, 4) is 0 Å². The number of rotatable bonds is 5. The van der Waals surface area contributed by atoms with Crippen molar-refractivity contribution in [2.45, 2.75) is 51.7 Å². The molecule has 0 aromatic heterocycles. The predicted octanol–water partition coefficient (Wildman–Crippen LogP) is 2.87. The summed E-state index contributed by atoms with van der Waals surface area (Å²) in [5.74, 6) is 0.788. The smallest absolute Gasteiger partial charge is 0.286 e. The molecule has 1 aromatic carbocycles. The predicted molar refractivity (Wildman–Crippen MR) is 101 cm³/mol. The molecule has 3 atom stereocenters. The molecule has 1 aromatic rings. The van der Waals surface area contributed by atoms with Crippen molar-refractivity contribution in [3.05, 3.63) is 41.7 Å². The number of ether oxygens (including phenoxy) is 1. The average Bonchev–Trinajstić information content (AvgIpc) is 2.62. The molecule has 2 aliphatic rings. The monoisotopic (exact) mass is 356 g/mol. The van der Waals surface area contributed by atoms with Gasteiger partial charge < -0.3 is 15.4 Å². The van der Waals surface area contributed by atoms with Gasteiger partial charge in [0, 0.05) is 12.5 Å². The summed E-state index contributed by atoms with van der Waals surface area (Å²) in [6.45, 7) is 5.01. The Bertz CT molecular complexity index is 669. The maximum Gasteiger partial charge on any atom is 0.286 e. The normalized spacial score (nSPS) is 26.8. The molecule has 1 aliphatic carbocycles. The van der Waals surface area contributed by atoms with Gasteiger partial charge in [0.1, 0.15) is 6.10 Å². The summed E-state index contributed by atoms with van der Waals surface area (Å²) >= 11 is 0. The van der Waals surface area contributed by atoms with Crippen molar-refractivity contribution in [2.75, 3.05) is 6.54 Å². The first-order chi connectivity index (χ1) is 12.5. The van der Waals surface area contributed by atoms with E-state index in [1.54, 1.807) is 6.08 Å². The highest BCUT2D eigenvalue weighted by Gasteiger charge is 2.40. The van der Waals surface area contributed by atoms with Crippen LogP contribution in [0.2, 0.25) is 0 Å². The second-order valence-electron chi connectivity index (χ2n) is 7.64. The summed E-state index contributed by atoms with van der Waals surface area (Å²) in [6, 6.07) is 9.58. The topological polar surface area (TPSA) is 67.4 Å². The van der Waals surface area contributed by atoms with E-state index >= 15 is 0 Å². The third-order valence-corrected chi connectivity index (χ3v) is 5.09. The van der Waals surface area contributed by atoms with E-state index < -0.39 is 0 Å². The number of carbonyl (C=O) groups is 2. The Labute approximate surface area is 155 Å². The molecule has 2 amide bonds. The molecule has 3 rings (SSSR count). The third-order valence-electron chi connectivity index (χ3n) is 5.09. The molecule has 1 saturated carbocycles. The number of benzene rings is 1. The summed E-state index contributed by atoms with van der Waals surface area (Å²) in [7, 11) is 0. The molecule has 0 spiro atoms. The van der Waals surface area contributed by atoms with Gasteiger partial charge in [-0.3, -0.25) is 9.59 Å². The highest BCUT2D eigenvalue weighted by atomic mass is 16.5. The Balaban J connectivity index is 1.57. The van der Waals surface area contributed by atoms with Gasteiger partial charge in [0.05, 0.1) is 6.04 Å². The van der Waals surface area contributed by atoms with Crippen LogP contribution in [0.1, 0.15) is 45.1 Å². The summed E-state index contributed by atoms with van der Waals surface area (Å²) in [4.78, 5) is 24.7. The fraction of sp³-hybridized carbons (Fsp3) is 0.524. The van der Waals surface area contributed by atoms with E-state index in [0.29, 0.717) is 24.6 Å². The van der Waals surface area contributed by atoms with Crippen molar-refractivity contribution >= 4 is 17.9 Å². The molecule has 1 aliphatic heterocycles. The highest BCUT2D eigenvalue weighted by Crippen LogP contribution is 2.31. The molecule has 140 valence electrons. The molecular formula is C21H28N2O3. The number of hydrogen-bond donors (Lipinski definition) is 2. The van der Waals surface area contributed by atoms with Crippen molar-refractivity contribution in [1.29, 1.82) is 0 Å². The third kappa shape index (κ3) is 4.65. The van der Waals surface area contributed by atoms with Gasteiger partial charge in [-0.05, 0) is 43.2 Å². The van der Waals surface area contributed by atoms with E-state index in [4.69, 9.17) is 4.74 Å². The Hall–Kier alpha value is -2.30. The van der Waals surface area contributed by atoms with Crippen LogP contribution in [-0.2, 0) is 14.3 Å². The quantitative estimate of drug-likeness (QED) is 0.797. The largest absolute Gasteiger partial charge is 0.483 e. The van der Waals surface area contributed by atoms with Crippen LogP contribution in [0.4, 0.5) is 0 Å². The lowest BCUT2D eigenvalue weighted by Gasteiger charge is -2.39. The van der Waals surface area contributed by atoms with E-state index in [0.717, 1.165) is 24.8 Å². The maximum absolute atomic E-state index is 12.4. The molecule has 0 bridgehead atoms. The van der Waals surface area contributed by atoms with Crippen molar-refractivity contribution in [1.82, 2.24) is 10.6 Å². The second-order valence-corrected chi connectivity index (χ2v) is 7.64. The van der Waals surface area contributed by atoms with Crippen molar-refractivity contribution < 1.29 is 14.3 Å². The van der Waals surface area contributed by atoms with E-state index in [2.05, 4.69) is 24.5 Å². The maximum atomic E-state index is 12.4. The van der Waals surface area contributed by atoms with Crippen LogP contribution in [-0.4, -0.2) is 30.5 Å². The average molecular weight is 356 g/mol. The minimum absolute atomic E-state index is 0.0491. The van der Waals surface area contributed by atoms with Crippen LogP contribution in [0, 0.1) is 11.8 Å². The highest BCUT2D eigenvalue weighted by molar-refractivity contribution is 5.96. The number of morpholine rings is 1. The van der Waals surface area contributed by atoms with Crippen LogP contribution < -0.4 is 10.6 Å². The Morgan fingerprint density at radius 2 is 2.08 bits per heavy atom. The number of nitrogens with one attached hydrogen (secondary N) is 2. The molecule has 2 N–H and O–H groups in total. The van der Waals surface area contributed by atoms with Crippen molar-refractivity contribution in [2.24, 2.45) is 11.8 Å². The SMILES string of the molecule is CC(C)CCNC(=O)C1CCC2O/C(=C\c3ccccc3)C(=O)NC2C1. The van der Waals surface area contributed by atoms with Crippen molar-refractivity contribution in [3.63, 3.8) is 0 Å². The molecule has 1 heterocycles. The first-order valence-corrected chi connectivity index (χ1v) is 9.55. The number of amides is 2. The summed E-state index contributed by atoms with van der Waals surface area (Å²) in [5, 5.41) is 6.06. The fourth-order valence-electron chi connectivity index (χ4n) is 3.56. The number of hydrogen-bond acceptors (Lipinski definition) is 3. The number of carbonyl (C=O) groups excluding carboxylic acids is 2. The lowest BCUT2D eigenvalue weighted by atomic mass is 9.82. The Morgan fingerprint density at radius 1 is 1.31 bits per heavy atom. The van der Waals surface area contributed by atoms with Crippen LogP contribution in [0.3, 0.4) is 0 Å². The first-order valence-electron chi connectivity index (χ1n) is 9.55. The van der Waals surface area contributed by atoms with Crippen LogP contribution in [0.5, 0.6) is 0 Å². The first kappa shape index (κ1) is 18.5. The van der Waals surface area contributed by atoms with Gasteiger partial charge in [0.2, 0.25) is 5.91 Å². The molecule has 2 fully saturated rings. The Morgan fingerprint density at radius 3 is 2.81 bits per heavy atom. The number of fused-ring (bicyclic) bond motifs is 1. The lowest BCUT2D eigenvalue weighted by Crippen LogP contribution is -2.54. The minimum Gasteiger partial charge on any atom is -0.483 e. The fourth-order valence-corrected chi connectivity index (χ4v) is 3.56. The van der Waals surface area contributed by atoms with Gasteiger partial charge in [-0.25, -0.2) is 0 Å². The van der Waals surface area contributed by atoms with E-state index in [9.17, 15) is 9.59 Å². The summed E-state index contributed by atoms with van der Waals surface area (Å²) < 4.78 is 5.96. The Kier molecular flexibility index (Phi) is 5.96. The minimum atomic E-state index is -0.198. The molecule has 26 heavy (non-hydrogen) atoms. The summed E-state index contributed by atoms with van der Waals surface area (Å²) in [5.41, 5.74) is 0.939. The summed E-state index contributed by atoms with van der Waals surface area (Å²) in [6.07, 6.45) is 4.92. The van der Waals surface area contributed by atoms with Gasteiger partial charge in [0.25, 0.3) is 5.91 Å². The zero-order chi connectivity index (χ0) is 18.5. The van der Waals surface area contributed by atoms with Crippen LogP contribution in [0.25, 0.3) is 6.08 Å². The zero-order valence-electron chi connectivity index (χ0n) is 15.5. The van der Waals surface area contributed by atoms with Gasteiger partial charge in [-0.1, -0.05) is 44.2 Å². The van der Waals surface area contributed by atoms with Crippen LogP contribution >= 0.6 is 0 Å². The second kappa shape index (κ2) is 8.39. The standard InChI is InChI=1S/C21H28N2O3/c1-14(2)10-11-22-20(24)16-8-9-18-17(13-16)23-21(25)19(26-18)12-15-6-4-3-5-7-15/h3-7,12,14,16-18H,8-11,13H2,1-2H3,(H,22,24)(H,23,25)/b19-12-. The molecule has 1 saturated heterocycles. The molecule has 3 unspecified atom stereocenters. The van der Waals surface area contributed by atoms with E-state index in [-0.39, 0.29) is 29.9 Å². The van der Waals surface area contributed by atoms with E-state index in [1.807, 2.05) is 30.3 Å². The molecule has 5 heteroatoms. The van der Waals surface area contributed by atoms with Gasteiger partial charge in [-0.2, -0.15) is 0 Å². The van der Waals surface area contributed by atoms with Crippen LogP contribution in [0.15, 0.2) is 36.1 Å². The van der Waals surface area contributed by atoms with Gasteiger partial charge in [-0.15, -0.1) is 0 Å². The molecular weight excluding hydrogens is 328 g/mol. The molecule has 5 nitrogen and oxygen atoms in total. The zero-order valence-corrected chi connectivity index (χ0v) is 15.5. The molecule has 0 radical (unpaired) electrons.